The van der Waals surface area contributed by atoms with E-state index in [2.05, 4.69) is 5.32 Å². The predicted octanol–water partition coefficient (Wildman–Crippen LogP) is 1.66. The highest BCUT2D eigenvalue weighted by molar-refractivity contribution is 7.85. The molecular weight excluding hydrogens is 295 g/mol. The van der Waals surface area contributed by atoms with Gasteiger partial charge < -0.3 is 15.8 Å². The van der Waals surface area contributed by atoms with Gasteiger partial charge in [0.1, 0.15) is 5.82 Å². The van der Waals surface area contributed by atoms with Crippen LogP contribution in [0.1, 0.15) is 19.8 Å². The number of nitrogens with one attached hydrogen (secondary N) is 1. The molecule has 3 N–H and O–H groups in total. The van der Waals surface area contributed by atoms with Gasteiger partial charge >= 0.3 is 0 Å². The first-order valence-electron chi connectivity index (χ1n) is 6.81. The second-order valence-electron chi connectivity index (χ2n) is 5.02. The maximum atomic E-state index is 12.9. The van der Waals surface area contributed by atoms with E-state index < -0.39 is 16.6 Å². The van der Waals surface area contributed by atoms with Crippen LogP contribution in [0.15, 0.2) is 18.2 Å². The first-order chi connectivity index (χ1) is 9.97. The monoisotopic (exact) mass is 314 g/mol. The van der Waals surface area contributed by atoms with Crippen LogP contribution >= 0.6 is 0 Å². The molecule has 3 atom stereocenters. The average Bonchev–Trinajstić information content (AvgIpc) is 2.85. The van der Waals surface area contributed by atoms with Crippen molar-refractivity contribution < 1.29 is 18.1 Å². The molecule has 1 aliphatic rings. The fourth-order valence-corrected chi connectivity index (χ4v) is 3.82. The number of anilines is 2. The molecule has 0 bridgehead atoms. The summed E-state index contributed by atoms with van der Waals surface area (Å²) in [6.07, 6.45) is 0.870. The third kappa shape index (κ3) is 4.25. The van der Waals surface area contributed by atoms with E-state index >= 15 is 0 Å². The van der Waals surface area contributed by atoms with Crippen molar-refractivity contribution in [3.63, 3.8) is 0 Å². The number of nitrogens with two attached hydrogens (primary N) is 1. The number of ether oxygens (including phenoxy) is 1. The zero-order chi connectivity index (χ0) is 15.4. The summed E-state index contributed by atoms with van der Waals surface area (Å²) in [5.41, 5.74) is 6.15. The van der Waals surface area contributed by atoms with Gasteiger partial charge in [0, 0.05) is 29.6 Å². The van der Waals surface area contributed by atoms with E-state index in [1.54, 1.807) is 0 Å². The molecule has 0 aromatic heterocycles. The lowest BCUT2D eigenvalue weighted by atomic mass is 10.2. The summed E-state index contributed by atoms with van der Waals surface area (Å²) >= 11 is 0. The summed E-state index contributed by atoms with van der Waals surface area (Å²) in [5.74, 6) is -0.458. The summed E-state index contributed by atoms with van der Waals surface area (Å²) in [5, 5.41) is 2.59. The molecule has 0 spiro atoms. The third-order valence-electron chi connectivity index (χ3n) is 3.46. The van der Waals surface area contributed by atoms with Crippen LogP contribution < -0.4 is 11.1 Å². The highest BCUT2D eigenvalue weighted by Gasteiger charge is 2.29. The molecule has 2 rings (SSSR count). The summed E-state index contributed by atoms with van der Waals surface area (Å²) in [6, 6.07) is 3.78. The maximum absolute atomic E-state index is 12.9. The molecular formula is C14H19FN2O3S. The van der Waals surface area contributed by atoms with Crippen molar-refractivity contribution in [1.29, 1.82) is 0 Å². The Morgan fingerprint density at radius 3 is 2.95 bits per heavy atom. The Labute approximate surface area is 125 Å². The van der Waals surface area contributed by atoms with Crippen LogP contribution in [-0.2, 0) is 20.3 Å². The lowest BCUT2D eigenvalue weighted by molar-refractivity contribution is -0.115. The van der Waals surface area contributed by atoms with E-state index in [-0.39, 0.29) is 35.1 Å². The van der Waals surface area contributed by atoms with Crippen molar-refractivity contribution in [2.24, 2.45) is 0 Å². The Balaban J connectivity index is 1.83. The number of amides is 1. The number of carbonyl (C=O) groups is 1. The van der Waals surface area contributed by atoms with Crippen molar-refractivity contribution in [1.82, 2.24) is 0 Å². The molecule has 0 saturated carbocycles. The van der Waals surface area contributed by atoms with Crippen LogP contribution in [0.3, 0.4) is 0 Å². The normalized spacial score (nSPS) is 23.0. The Morgan fingerprint density at radius 2 is 2.33 bits per heavy atom. The Kier molecular flexibility index (Phi) is 5.30. The first-order valence-corrected chi connectivity index (χ1v) is 8.19. The molecule has 1 saturated heterocycles. The molecule has 7 heteroatoms. The molecule has 1 amide bonds. The van der Waals surface area contributed by atoms with Gasteiger partial charge in [0.05, 0.1) is 22.7 Å². The van der Waals surface area contributed by atoms with Crippen LogP contribution in [0.5, 0.6) is 0 Å². The minimum absolute atomic E-state index is 0.00584. The quantitative estimate of drug-likeness (QED) is 0.810. The summed E-state index contributed by atoms with van der Waals surface area (Å²) in [6.45, 7) is 2.52. The third-order valence-corrected chi connectivity index (χ3v) is 5.36. The number of nitrogen functional groups attached to an aromatic ring is 1. The molecule has 5 nitrogen and oxygen atoms in total. The van der Waals surface area contributed by atoms with Gasteiger partial charge in [-0.1, -0.05) is 0 Å². The summed E-state index contributed by atoms with van der Waals surface area (Å²) in [4.78, 5) is 11.8. The van der Waals surface area contributed by atoms with Crippen LogP contribution in [0, 0.1) is 5.82 Å². The molecule has 1 heterocycles. The summed E-state index contributed by atoms with van der Waals surface area (Å²) < 4.78 is 30.4. The largest absolute Gasteiger partial charge is 0.397 e. The van der Waals surface area contributed by atoms with Crippen molar-refractivity contribution in [2.75, 3.05) is 23.4 Å². The lowest BCUT2D eigenvalue weighted by Gasteiger charge is -2.13. The minimum atomic E-state index is -1.09. The molecule has 116 valence electrons. The smallest absolute Gasteiger partial charge is 0.225 e. The number of hydrogen-bond acceptors (Lipinski definition) is 4. The SMILES string of the molecule is CC1OCCC1S(=O)CCC(=O)Nc1ccc(F)cc1N. The number of rotatable bonds is 5. The van der Waals surface area contributed by atoms with Gasteiger partial charge in [-0.25, -0.2) is 4.39 Å². The van der Waals surface area contributed by atoms with Gasteiger partial charge in [0.2, 0.25) is 5.91 Å². The molecule has 1 aliphatic heterocycles. The van der Waals surface area contributed by atoms with Crippen molar-refractivity contribution in [2.45, 2.75) is 31.1 Å². The maximum Gasteiger partial charge on any atom is 0.225 e. The number of benzene rings is 1. The van der Waals surface area contributed by atoms with E-state index in [0.29, 0.717) is 12.3 Å². The average molecular weight is 314 g/mol. The van der Waals surface area contributed by atoms with E-state index in [9.17, 15) is 13.4 Å². The van der Waals surface area contributed by atoms with Crippen LogP contribution in [0.2, 0.25) is 0 Å². The van der Waals surface area contributed by atoms with Gasteiger partial charge in [-0.2, -0.15) is 0 Å². The van der Waals surface area contributed by atoms with Crippen molar-refractivity contribution >= 4 is 28.1 Å². The van der Waals surface area contributed by atoms with Gasteiger partial charge in [0.15, 0.2) is 0 Å². The standard InChI is InChI=1S/C14H19FN2O3S/c1-9-13(4-6-20-9)21(19)7-5-14(18)17-12-3-2-10(15)8-11(12)16/h2-3,8-9,13H,4-7,16H2,1H3,(H,17,18). The molecule has 0 radical (unpaired) electrons. The van der Waals surface area contributed by atoms with Gasteiger partial charge in [-0.05, 0) is 31.5 Å². The number of hydrogen-bond donors (Lipinski definition) is 2. The number of halogens is 1. The fourth-order valence-electron chi connectivity index (χ4n) is 2.26. The highest BCUT2D eigenvalue weighted by Crippen LogP contribution is 2.21. The topological polar surface area (TPSA) is 81.4 Å². The fraction of sp³-hybridized carbons (Fsp3) is 0.500. The molecule has 3 unspecified atom stereocenters. The lowest BCUT2D eigenvalue weighted by Crippen LogP contribution is -2.26. The molecule has 1 fully saturated rings. The Bertz CT molecular complexity index is 553. The van der Waals surface area contributed by atoms with Crippen LogP contribution in [0.25, 0.3) is 0 Å². The van der Waals surface area contributed by atoms with E-state index in [1.807, 2.05) is 6.92 Å². The highest BCUT2D eigenvalue weighted by atomic mass is 32.2. The predicted molar refractivity (Wildman–Crippen MR) is 80.9 cm³/mol. The first kappa shape index (κ1) is 15.9. The molecule has 1 aromatic rings. The zero-order valence-electron chi connectivity index (χ0n) is 11.8. The zero-order valence-corrected chi connectivity index (χ0v) is 12.6. The van der Waals surface area contributed by atoms with Gasteiger partial charge in [-0.15, -0.1) is 0 Å². The van der Waals surface area contributed by atoms with Crippen molar-refractivity contribution in [3.05, 3.63) is 24.0 Å². The molecule has 1 aromatic carbocycles. The molecule has 0 aliphatic carbocycles. The van der Waals surface area contributed by atoms with E-state index in [4.69, 9.17) is 10.5 Å². The van der Waals surface area contributed by atoms with E-state index in [0.717, 1.165) is 12.5 Å². The minimum Gasteiger partial charge on any atom is -0.397 e. The number of carbonyl (C=O) groups excluding carboxylic acids is 1. The molecule has 21 heavy (non-hydrogen) atoms. The van der Waals surface area contributed by atoms with Gasteiger partial charge in [0.25, 0.3) is 0 Å². The van der Waals surface area contributed by atoms with Crippen LogP contribution in [-0.4, -0.2) is 33.8 Å². The second kappa shape index (κ2) is 7.00. The Hall–Kier alpha value is -1.47. The second-order valence-corrected chi connectivity index (χ2v) is 6.79. The van der Waals surface area contributed by atoms with Crippen molar-refractivity contribution in [3.8, 4) is 0 Å². The van der Waals surface area contributed by atoms with Gasteiger partial charge in [-0.3, -0.25) is 9.00 Å². The summed E-state index contributed by atoms with van der Waals surface area (Å²) in [7, 11) is -1.09. The van der Waals surface area contributed by atoms with Crippen LogP contribution in [0.4, 0.5) is 15.8 Å². The Morgan fingerprint density at radius 1 is 1.57 bits per heavy atom. The van der Waals surface area contributed by atoms with E-state index in [1.165, 1.54) is 12.1 Å².